The van der Waals surface area contributed by atoms with Crippen molar-refractivity contribution in [3.8, 4) is 0 Å². The maximum atomic E-state index is 10.1. The van der Waals surface area contributed by atoms with Crippen molar-refractivity contribution in [3.63, 3.8) is 0 Å². The molecule has 0 aliphatic rings. The van der Waals surface area contributed by atoms with Gasteiger partial charge in [-0.25, -0.2) is 8.42 Å². The molecule has 0 fully saturated rings. The predicted octanol–water partition coefficient (Wildman–Crippen LogP) is 0.226. The third-order valence-electron chi connectivity index (χ3n) is 0.324. The molecule has 0 aromatic carbocycles. The summed E-state index contributed by atoms with van der Waals surface area (Å²) in [6.45, 7) is -2.44. The van der Waals surface area contributed by atoms with Crippen LogP contribution in [0.3, 0.4) is 0 Å². The molecule has 6 heteroatoms. The summed E-state index contributed by atoms with van der Waals surface area (Å²) in [5, 5.41) is 0. The van der Waals surface area contributed by atoms with Crippen LogP contribution in [0.2, 0.25) is 0 Å². The van der Waals surface area contributed by atoms with E-state index >= 15 is 0 Å². The second-order valence-electron chi connectivity index (χ2n) is 1.09. The first-order valence-corrected chi connectivity index (χ1v) is 8.27. The second kappa shape index (κ2) is 2.35. The van der Waals surface area contributed by atoms with Crippen molar-refractivity contribution < 1.29 is 8.42 Å². The van der Waals surface area contributed by atoms with Crippen molar-refractivity contribution in [1.29, 1.82) is 0 Å². The topological polar surface area (TPSA) is 34.1 Å². The van der Waals surface area contributed by atoms with Crippen molar-refractivity contribution >= 4 is 38.0 Å². The smallest absolute Gasteiger partial charge is 0.234 e. The Balaban J connectivity index is 4.10. The molecule has 0 unspecified atom stereocenters. The maximum Gasteiger partial charge on any atom is 0.363 e. The van der Waals surface area contributed by atoms with Gasteiger partial charge in [0, 0.05) is 6.26 Å². The van der Waals surface area contributed by atoms with Crippen LogP contribution in [0.1, 0.15) is 0 Å². The van der Waals surface area contributed by atoms with Crippen LogP contribution in [0.15, 0.2) is 0 Å². The van der Waals surface area contributed by atoms with E-state index in [1.165, 1.54) is 0 Å². The minimum absolute atomic E-state index is 1.03. The molecule has 0 aliphatic carbocycles. The summed E-state index contributed by atoms with van der Waals surface area (Å²) in [5.41, 5.74) is 0. The maximum absolute atomic E-state index is 10.1. The lowest BCUT2D eigenvalue weighted by atomic mass is 12.0. The van der Waals surface area contributed by atoms with E-state index in [0.717, 1.165) is 6.26 Å². The Bertz CT molecular complexity index is 138. The van der Waals surface area contributed by atoms with Crippen LogP contribution in [0.4, 0.5) is 0 Å². The van der Waals surface area contributed by atoms with Crippen molar-refractivity contribution in [3.05, 3.63) is 0 Å². The largest absolute Gasteiger partial charge is 0.363 e. The lowest BCUT2D eigenvalue weighted by Crippen LogP contribution is -2.10. The zero-order valence-electron chi connectivity index (χ0n) is 3.56. The molecule has 2 nitrogen and oxygen atoms in total. The Morgan fingerprint density at radius 1 is 1.43 bits per heavy atom. The highest BCUT2D eigenvalue weighted by molar-refractivity contribution is 8.27. The van der Waals surface area contributed by atoms with Crippen LogP contribution in [0.25, 0.3) is 0 Å². The summed E-state index contributed by atoms with van der Waals surface area (Å²) in [7, 11) is -3.07. The van der Waals surface area contributed by atoms with E-state index in [1.807, 2.05) is 0 Å². The average molecular weight is 179 g/mol. The molecule has 0 saturated heterocycles. The SMILES string of the molecule is CS(=O)(=O)[SiH](Cl)Cl. The number of halogens is 2. The van der Waals surface area contributed by atoms with Crippen LogP contribution in [0, 0.1) is 0 Å². The minimum Gasteiger partial charge on any atom is -0.234 e. The number of hydrogen-bond donors (Lipinski definition) is 0. The highest BCUT2D eigenvalue weighted by atomic mass is 35.7. The van der Waals surface area contributed by atoms with Gasteiger partial charge in [0.2, 0.25) is 0 Å². The average Bonchev–Trinajstić information content (AvgIpc) is 1.31. The van der Waals surface area contributed by atoms with Crippen LogP contribution in [-0.4, -0.2) is 21.2 Å². The fraction of sp³-hybridized carbons (Fsp3) is 1.00. The molecule has 0 saturated carbocycles. The fourth-order valence-corrected chi connectivity index (χ4v) is 0. The van der Waals surface area contributed by atoms with Gasteiger partial charge >= 0.3 is 6.57 Å². The summed E-state index contributed by atoms with van der Waals surface area (Å²) >= 11 is 10.1. The summed E-state index contributed by atoms with van der Waals surface area (Å²) in [5.74, 6) is 0. The number of rotatable bonds is 1. The monoisotopic (exact) mass is 178 g/mol. The predicted molar refractivity (Wildman–Crippen MR) is 33.7 cm³/mol. The van der Waals surface area contributed by atoms with E-state index < -0.39 is 15.9 Å². The van der Waals surface area contributed by atoms with Crippen LogP contribution in [-0.2, 0) is 9.29 Å². The molecule has 0 bridgehead atoms. The lowest BCUT2D eigenvalue weighted by Gasteiger charge is -1.88. The normalized spacial score (nSPS) is 12.6. The molecule has 44 valence electrons. The summed E-state index contributed by atoms with van der Waals surface area (Å²) in [6.07, 6.45) is 1.03. The first kappa shape index (κ1) is 7.75. The highest BCUT2D eigenvalue weighted by Gasteiger charge is 2.15. The molecule has 0 rings (SSSR count). The molecule has 0 radical (unpaired) electrons. The molecule has 0 aromatic rings. The summed E-state index contributed by atoms with van der Waals surface area (Å²) in [6, 6.07) is 0. The molecular weight excluding hydrogens is 175 g/mol. The molecular formula is CH4Cl2O2SSi. The number of hydrogen-bond acceptors (Lipinski definition) is 2. The standard InChI is InChI=1S/CH4Cl2O2SSi/c1-6(4,5)7(2)3/h7H,1H3. The van der Waals surface area contributed by atoms with Crippen molar-refractivity contribution in [2.45, 2.75) is 0 Å². The summed E-state index contributed by atoms with van der Waals surface area (Å²) in [4.78, 5) is 0. The molecule has 0 N–H and O–H groups in total. The first-order valence-electron chi connectivity index (χ1n) is 1.41. The van der Waals surface area contributed by atoms with Gasteiger partial charge in [0.05, 0.1) is 0 Å². The van der Waals surface area contributed by atoms with Crippen molar-refractivity contribution in [2.24, 2.45) is 0 Å². The molecule has 0 amide bonds. The van der Waals surface area contributed by atoms with Gasteiger partial charge in [-0.1, -0.05) is 0 Å². The van der Waals surface area contributed by atoms with E-state index in [4.69, 9.17) is 22.2 Å². The zero-order valence-corrected chi connectivity index (χ0v) is 7.04. The zero-order chi connectivity index (χ0) is 6.08. The van der Waals surface area contributed by atoms with Gasteiger partial charge in [-0.05, 0) is 0 Å². The highest BCUT2D eigenvalue weighted by Crippen LogP contribution is 2.01. The fourth-order valence-electron chi connectivity index (χ4n) is 0. The van der Waals surface area contributed by atoms with Crippen molar-refractivity contribution in [2.75, 3.05) is 6.26 Å². The van der Waals surface area contributed by atoms with Crippen LogP contribution in [0.5, 0.6) is 0 Å². The van der Waals surface area contributed by atoms with Crippen LogP contribution >= 0.6 is 22.2 Å². The van der Waals surface area contributed by atoms with Gasteiger partial charge in [0.15, 0.2) is 0 Å². The Morgan fingerprint density at radius 3 is 1.57 bits per heavy atom. The van der Waals surface area contributed by atoms with Gasteiger partial charge in [-0.3, -0.25) is 0 Å². The molecule has 0 atom stereocenters. The quantitative estimate of drug-likeness (QED) is 0.426. The van der Waals surface area contributed by atoms with Gasteiger partial charge in [0.25, 0.3) is 0 Å². The Hall–Kier alpha value is 0.747. The van der Waals surface area contributed by atoms with E-state index in [2.05, 4.69) is 0 Å². The molecule has 0 aromatic heterocycles. The Morgan fingerprint density at radius 2 is 1.57 bits per heavy atom. The van der Waals surface area contributed by atoms with E-state index in [9.17, 15) is 8.42 Å². The van der Waals surface area contributed by atoms with Gasteiger partial charge in [-0.15, -0.1) is 22.2 Å². The molecule has 7 heavy (non-hydrogen) atoms. The van der Waals surface area contributed by atoms with Gasteiger partial charge in [0.1, 0.15) is 9.29 Å². The van der Waals surface area contributed by atoms with Crippen molar-refractivity contribution in [1.82, 2.24) is 0 Å². The summed E-state index contributed by atoms with van der Waals surface area (Å²) < 4.78 is 20.3. The van der Waals surface area contributed by atoms with Crippen LogP contribution < -0.4 is 0 Å². The molecule has 0 heterocycles. The first-order chi connectivity index (χ1) is 2.94. The van der Waals surface area contributed by atoms with E-state index in [1.54, 1.807) is 0 Å². The second-order valence-corrected chi connectivity index (χ2v) is 12.1. The van der Waals surface area contributed by atoms with E-state index in [-0.39, 0.29) is 0 Å². The Labute approximate surface area is 53.0 Å². The molecule has 0 spiro atoms. The minimum atomic E-state index is -3.07. The molecule has 0 aliphatic heterocycles. The third-order valence-corrected chi connectivity index (χ3v) is 8.74. The Kier molecular flexibility index (Phi) is 2.60. The van der Waals surface area contributed by atoms with Gasteiger partial charge in [-0.2, -0.15) is 0 Å². The lowest BCUT2D eigenvalue weighted by molar-refractivity contribution is 0.614. The third kappa shape index (κ3) is 3.34. The van der Waals surface area contributed by atoms with E-state index in [0.29, 0.717) is 0 Å². The van der Waals surface area contributed by atoms with Gasteiger partial charge < -0.3 is 0 Å².